The minimum absolute atomic E-state index is 0.940. The van der Waals surface area contributed by atoms with Crippen molar-refractivity contribution in [1.82, 2.24) is 5.32 Å². The van der Waals surface area contributed by atoms with Crippen LogP contribution in [-0.2, 0) is 13.0 Å². The quantitative estimate of drug-likeness (QED) is 0.864. The molecule has 0 bridgehead atoms. The lowest BCUT2D eigenvalue weighted by molar-refractivity contribution is 0.791. The van der Waals surface area contributed by atoms with E-state index in [4.69, 9.17) is 0 Å². The fourth-order valence-electron chi connectivity index (χ4n) is 2.31. The number of rotatable bonds is 6. The minimum atomic E-state index is 0.940. The first kappa shape index (κ1) is 14.6. The maximum Gasteiger partial charge on any atom is 0.0426 e. The predicted octanol–water partition coefficient (Wildman–Crippen LogP) is 3.39. The molecule has 2 heteroatoms. The Morgan fingerprint density at radius 3 is 2.35 bits per heavy atom. The summed E-state index contributed by atoms with van der Waals surface area (Å²) >= 11 is 0. The van der Waals surface area contributed by atoms with Crippen LogP contribution in [0.5, 0.6) is 0 Å². The van der Waals surface area contributed by atoms with Crippen molar-refractivity contribution in [2.45, 2.75) is 19.9 Å². The van der Waals surface area contributed by atoms with E-state index in [-0.39, 0.29) is 0 Å². The second-order valence-corrected chi connectivity index (χ2v) is 5.37. The van der Waals surface area contributed by atoms with Gasteiger partial charge in [0.25, 0.3) is 0 Å². The molecule has 0 heterocycles. The largest absolute Gasteiger partial charge is 0.370 e. The van der Waals surface area contributed by atoms with Crippen LogP contribution in [-0.4, -0.2) is 20.6 Å². The van der Waals surface area contributed by atoms with Crippen LogP contribution in [0.4, 0.5) is 5.69 Å². The molecule has 0 saturated heterocycles. The van der Waals surface area contributed by atoms with Crippen LogP contribution < -0.4 is 10.2 Å². The number of anilines is 1. The van der Waals surface area contributed by atoms with E-state index in [1.165, 1.54) is 22.4 Å². The third-order valence-corrected chi connectivity index (χ3v) is 3.55. The zero-order valence-corrected chi connectivity index (χ0v) is 12.7. The molecule has 0 unspecified atom stereocenters. The summed E-state index contributed by atoms with van der Waals surface area (Å²) in [7, 11) is 4.13. The first-order chi connectivity index (χ1) is 9.69. The molecular formula is C18H24N2. The molecule has 2 nitrogen and oxygen atoms in total. The summed E-state index contributed by atoms with van der Waals surface area (Å²) in [5.74, 6) is 0. The molecular weight excluding hydrogens is 244 g/mol. The fraction of sp³-hybridized carbons (Fsp3) is 0.333. The van der Waals surface area contributed by atoms with Crippen molar-refractivity contribution in [3.63, 3.8) is 0 Å². The Labute approximate surface area is 122 Å². The first-order valence-electron chi connectivity index (χ1n) is 7.19. The summed E-state index contributed by atoms with van der Waals surface area (Å²) in [6.45, 7) is 4.10. The molecule has 0 saturated carbocycles. The van der Waals surface area contributed by atoms with E-state index < -0.39 is 0 Å². The number of nitrogens with one attached hydrogen (secondary N) is 1. The molecule has 0 fully saturated rings. The monoisotopic (exact) mass is 268 g/mol. The van der Waals surface area contributed by atoms with Gasteiger partial charge in [0.05, 0.1) is 0 Å². The number of hydrogen-bond donors (Lipinski definition) is 1. The average Bonchev–Trinajstić information content (AvgIpc) is 2.46. The lowest BCUT2D eigenvalue weighted by atomic mass is 10.1. The molecule has 0 aliphatic rings. The molecule has 106 valence electrons. The topological polar surface area (TPSA) is 15.3 Å². The molecule has 0 aliphatic carbocycles. The van der Waals surface area contributed by atoms with Gasteiger partial charge in [-0.05, 0) is 55.8 Å². The Morgan fingerprint density at radius 1 is 1.00 bits per heavy atom. The molecule has 0 radical (unpaired) electrons. The lowest BCUT2D eigenvalue weighted by Crippen LogP contribution is -2.16. The molecule has 0 spiro atoms. The Bertz CT molecular complexity index is 531. The third kappa shape index (κ3) is 4.10. The Balaban J connectivity index is 1.99. The Morgan fingerprint density at radius 2 is 1.70 bits per heavy atom. The predicted molar refractivity (Wildman–Crippen MR) is 87.4 cm³/mol. The fourth-order valence-corrected chi connectivity index (χ4v) is 2.31. The number of likely N-dealkylation sites (N-methyl/N-ethyl adjacent to an activating group) is 1. The second-order valence-electron chi connectivity index (χ2n) is 5.37. The number of nitrogens with zero attached hydrogens (tertiary/aromatic N) is 1. The van der Waals surface area contributed by atoms with Crippen molar-refractivity contribution >= 4 is 5.69 Å². The highest BCUT2D eigenvalue weighted by Gasteiger charge is 2.02. The number of aryl methyl sites for hydroxylation is 1. The molecule has 0 amide bonds. The van der Waals surface area contributed by atoms with Crippen LogP contribution in [0.2, 0.25) is 0 Å². The van der Waals surface area contributed by atoms with Crippen LogP contribution in [0.15, 0.2) is 48.5 Å². The van der Waals surface area contributed by atoms with Crippen molar-refractivity contribution < 1.29 is 0 Å². The van der Waals surface area contributed by atoms with E-state index in [9.17, 15) is 0 Å². The van der Waals surface area contributed by atoms with Gasteiger partial charge in [0.1, 0.15) is 0 Å². The van der Waals surface area contributed by atoms with E-state index in [1.54, 1.807) is 0 Å². The van der Waals surface area contributed by atoms with Gasteiger partial charge < -0.3 is 10.2 Å². The Kier molecular flexibility index (Phi) is 5.19. The molecule has 0 atom stereocenters. The summed E-state index contributed by atoms with van der Waals surface area (Å²) in [5, 5.41) is 3.18. The first-order valence-corrected chi connectivity index (χ1v) is 7.19. The van der Waals surface area contributed by atoms with E-state index in [1.807, 2.05) is 7.05 Å². The number of hydrogen-bond acceptors (Lipinski definition) is 2. The second kappa shape index (κ2) is 7.11. The third-order valence-electron chi connectivity index (χ3n) is 3.55. The van der Waals surface area contributed by atoms with E-state index in [0.717, 1.165) is 19.5 Å². The van der Waals surface area contributed by atoms with Gasteiger partial charge >= 0.3 is 0 Å². The van der Waals surface area contributed by atoms with Gasteiger partial charge in [0, 0.05) is 19.3 Å². The number of benzene rings is 2. The SMILES string of the molecule is CNCCc1ccc(CN(C)c2cccc(C)c2)cc1. The van der Waals surface area contributed by atoms with Crippen molar-refractivity contribution in [1.29, 1.82) is 0 Å². The lowest BCUT2D eigenvalue weighted by Gasteiger charge is -2.20. The highest BCUT2D eigenvalue weighted by atomic mass is 15.1. The molecule has 0 aliphatic heterocycles. The standard InChI is InChI=1S/C18H24N2/c1-15-5-4-6-18(13-15)20(3)14-17-9-7-16(8-10-17)11-12-19-2/h4-10,13,19H,11-12,14H2,1-3H3. The van der Waals surface area contributed by atoms with Gasteiger partial charge in [-0.1, -0.05) is 36.4 Å². The maximum atomic E-state index is 3.18. The molecule has 20 heavy (non-hydrogen) atoms. The smallest absolute Gasteiger partial charge is 0.0426 e. The van der Waals surface area contributed by atoms with E-state index in [2.05, 4.69) is 72.7 Å². The highest BCUT2D eigenvalue weighted by Crippen LogP contribution is 2.17. The van der Waals surface area contributed by atoms with Crippen molar-refractivity contribution in [3.05, 3.63) is 65.2 Å². The molecule has 2 rings (SSSR count). The molecule has 0 aromatic heterocycles. The van der Waals surface area contributed by atoms with Gasteiger partial charge in [0.15, 0.2) is 0 Å². The van der Waals surface area contributed by atoms with Crippen molar-refractivity contribution in [2.75, 3.05) is 25.5 Å². The molecule has 1 N–H and O–H groups in total. The summed E-state index contributed by atoms with van der Waals surface area (Å²) in [6, 6.07) is 17.6. The van der Waals surface area contributed by atoms with E-state index in [0.29, 0.717) is 0 Å². The van der Waals surface area contributed by atoms with Crippen LogP contribution in [0.25, 0.3) is 0 Å². The van der Waals surface area contributed by atoms with Crippen LogP contribution >= 0.6 is 0 Å². The van der Waals surface area contributed by atoms with Gasteiger partial charge in [-0.2, -0.15) is 0 Å². The van der Waals surface area contributed by atoms with Crippen LogP contribution in [0.3, 0.4) is 0 Å². The van der Waals surface area contributed by atoms with Crippen LogP contribution in [0, 0.1) is 6.92 Å². The minimum Gasteiger partial charge on any atom is -0.370 e. The summed E-state index contributed by atoms with van der Waals surface area (Å²) in [4.78, 5) is 2.29. The Hall–Kier alpha value is -1.80. The summed E-state index contributed by atoms with van der Waals surface area (Å²) in [5.41, 5.74) is 5.31. The van der Waals surface area contributed by atoms with Gasteiger partial charge in [-0.15, -0.1) is 0 Å². The highest BCUT2D eigenvalue weighted by molar-refractivity contribution is 5.48. The summed E-state index contributed by atoms with van der Waals surface area (Å²) < 4.78 is 0. The van der Waals surface area contributed by atoms with Crippen molar-refractivity contribution in [3.8, 4) is 0 Å². The normalized spacial score (nSPS) is 10.6. The van der Waals surface area contributed by atoms with Gasteiger partial charge in [-0.3, -0.25) is 0 Å². The molecule has 2 aromatic carbocycles. The average molecular weight is 268 g/mol. The van der Waals surface area contributed by atoms with Crippen LogP contribution in [0.1, 0.15) is 16.7 Å². The maximum absolute atomic E-state index is 3.18. The zero-order chi connectivity index (χ0) is 14.4. The zero-order valence-electron chi connectivity index (χ0n) is 12.7. The summed E-state index contributed by atoms with van der Waals surface area (Å²) in [6.07, 6.45) is 1.09. The van der Waals surface area contributed by atoms with Gasteiger partial charge in [-0.25, -0.2) is 0 Å². The van der Waals surface area contributed by atoms with E-state index >= 15 is 0 Å². The van der Waals surface area contributed by atoms with Gasteiger partial charge in [0.2, 0.25) is 0 Å². The molecule has 2 aromatic rings. The van der Waals surface area contributed by atoms with Crippen molar-refractivity contribution in [2.24, 2.45) is 0 Å².